The normalized spacial score (nSPS) is 22.8. The molecule has 0 unspecified atom stereocenters. The van der Waals surface area contributed by atoms with Gasteiger partial charge in [-0.15, -0.1) is 0 Å². The number of carboxylic acid groups (broad SMARTS) is 1. The fourth-order valence-electron chi connectivity index (χ4n) is 12.0. The Bertz CT molecular complexity index is 3120. The van der Waals surface area contributed by atoms with E-state index in [4.69, 9.17) is 0 Å². The predicted octanol–water partition coefficient (Wildman–Crippen LogP) is 6.26. The van der Waals surface area contributed by atoms with Gasteiger partial charge in [0.15, 0.2) is 0 Å². The Morgan fingerprint density at radius 1 is 0.646 bits per heavy atom. The van der Waals surface area contributed by atoms with E-state index in [-0.39, 0.29) is 103 Å². The first-order chi connectivity index (χ1) is 37.6. The number of nitriles is 2. The van der Waals surface area contributed by atoms with Crippen molar-refractivity contribution in [2.45, 2.75) is 56.5 Å². The van der Waals surface area contributed by atoms with Crippen LogP contribution >= 0.6 is 0 Å². The molecule has 7 aliphatic heterocycles. The van der Waals surface area contributed by atoms with Gasteiger partial charge in [-0.25, -0.2) is 9.59 Å². The van der Waals surface area contributed by atoms with Gasteiger partial charge in [0.05, 0.1) is 124 Å². The highest BCUT2D eigenvalue weighted by Gasteiger charge is 2.54. The van der Waals surface area contributed by atoms with Crippen LogP contribution in [0.4, 0.5) is 47.3 Å². The average Bonchev–Trinajstić information content (AvgIpc) is 4.17. The van der Waals surface area contributed by atoms with Crippen molar-refractivity contribution in [2.75, 3.05) is 75.2 Å². The molecule has 7 heterocycles. The van der Waals surface area contributed by atoms with Crippen LogP contribution in [0.25, 0.3) is 0 Å². The smallest absolute Gasteiger partial charge is 0.416 e. The summed E-state index contributed by atoms with van der Waals surface area (Å²) in [5.74, 6) is -2.43. The third-order valence-electron chi connectivity index (χ3n) is 16.1. The molecule has 0 saturated carbocycles. The zero-order valence-corrected chi connectivity index (χ0v) is 42.2. The Morgan fingerprint density at radius 2 is 1.05 bits per heavy atom. The second-order valence-electron chi connectivity index (χ2n) is 20.7. The van der Waals surface area contributed by atoms with Gasteiger partial charge in [-0.3, -0.25) is 24.2 Å². The molecular formula is C56H50F6N10O7. The number of nitrogens with one attached hydrogen (secondary N) is 2. The number of carbonyl (C=O) groups excluding carboxylic acids is 6. The molecule has 408 valence electrons. The van der Waals surface area contributed by atoms with Crippen LogP contribution in [0.1, 0.15) is 77.6 Å². The lowest BCUT2D eigenvalue weighted by Gasteiger charge is -2.54. The average molecular weight is 1090 g/mol. The van der Waals surface area contributed by atoms with Gasteiger partial charge in [0.25, 0.3) is 11.8 Å². The molecule has 0 radical (unpaired) electrons. The predicted molar refractivity (Wildman–Crippen MR) is 267 cm³/mol. The number of hydrogen-bond donors (Lipinski definition) is 2. The minimum atomic E-state index is -4.75. The zero-order chi connectivity index (χ0) is 56.2. The molecule has 7 aliphatic rings. The fourth-order valence-corrected chi connectivity index (χ4v) is 12.0. The summed E-state index contributed by atoms with van der Waals surface area (Å²) in [6.45, 7) is 0.912. The number of quaternary nitrogens is 1. The molecule has 79 heavy (non-hydrogen) atoms. The maximum Gasteiger partial charge on any atom is 0.416 e. The maximum atomic E-state index is 15.1. The summed E-state index contributed by atoms with van der Waals surface area (Å²) in [4.78, 5) is 90.6. The highest BCUT2D eigenvalue weighted by Crippen LogP contribution is 2.46. The van der Waals surface area contributed by atoms with Gasteiger partial charge in [-0.1, -0.05) is 36.4 Å². The summed E-state index contributed by atoms with van der Waals surface area (Å²) >= 11 is 0. The Kier molecular flexibility index (Phi) is 14.0. The third kappa shape index (κ3) is 10.2. The van der Waals surface area contributed by atoms with Crippen molar-refractivity contribution in [3.05, 3.63) is 153 Å². The quantitative estimate of drug-likeness (QED) is 0.101. The number of aliphatic carboxylic acids is 1. The van der Waals surface area contributed by atoms with E-state index < -0.39 is 70.8 Å². The second-order valence-corrected chi connectivity index (χ2v) is 20.7. The summed E-state index contributed by atoms with van der Waals surface area (Å²) in [6.07, 6.45) is -7.96. The van der Waals surface area contributed by atoms with Crippen LogP contribution in [0, 0.1) is 28.1 Å². The molecule has 3 fully saturated rings. The molecule has 3 saturated heterocycles. The van der Waals surface area contributed by atoms with Crippen LogP contribution in [-0.4, -0.2) is 120 Å². The number of piperidine rings is 3. The number of benzene rings is 4. The molecule has 0 spiro atoms. The lowest BCUT2D eigenvalue weighted by molar-refractivity contribution is -0.939. The largest absolute Gasteiger partial charge is 0.544 e. The van der Waals surface area contributed by atoms with E-state index in [9.17, 15) is 65.9 Å². The molecule has 23 heteroatoms. The molecule has 0 aromatic heterocycles. The van der Waals surface area contributed by atoms with Crippen LogP contribution in [-0.2, 0) is 31.5 Å². The standard InChI is InChI=1S/C56H50F6N10O7/c57-55(58,59)38-5-1-7-40(27-38)70-42-31-68(49(75)45(42)47(65-52(70)78)36-13-9-34(29-63)10-14-36)22-3-20-67(51(77)54-17-24-72(25-18-54,26-19-54)33-44(73)74)21-4-23-69-32-43-46(50(69)76)48(37-15-11-35(30-64)12-16-37)66-53(79)71(43)41-8-2-6-39(28-41)56(60,61)62/h1-2,5-16,27-28,47-48H,3-4,17-26,31-33H2,(H2-,65,66,73,74,78,79)/t47-,48-,54?,72?/m1/s1. The van der Waals surface area contributed by atoms with Crippen LogP contribution < -0.4 is 25.5 Å². The number of hydrogen-bond acceptors (Lipinski definition) is 9. The van der Waals surface area contributed by atoms with Crippen molar-refractivity contribution in [1.29, 1.82) is 10.5 Å². The van der Waals surface area contributed by atoms with Crippen LogP contribution in [0.5, 0.6) is 0 Å². The van der Waals surface area contributed by atoms with Gasteiger partial charge in [-0.05, 0) is 84.6 Å². The van der Waals surface area contributed by atoms with Gasteiger partial charge in [0, 0.05) is 45.4 Å². The van der Waals surface area contributed by atoms with E-state index in [1.54, 1.807) is 29.2 Å². The number of carbonyl (C=O) groups is 6. The zero-order valence-electron chi connectivity index (χ0n) is 42.2. The number of nitrogens with zero attached hydrogens (tertiary/aromatic N) is 8. The third-order valence-corrected chi connectivity index (χ3v) is 16.1. The Hall–Kier alpha value is -8.70. The summed E-state index contributed by atoms with van der Waals surface area (Å²) in [5.41, 5.74) is -1.12. The lowest BCUT2D eigenvalue weighted by Crippen LogP contribution is -2.67. The lowest BCUT2D eigenvalue weighted by atomic mass is 9.69. The van der Waals surface area contributed by atoms with E-state index in [1.165, 1.54) is 46.2 Å². The minimum absolute atomic E-state index is 0.0172. The molecule has 4 aromatic carbocycles. The molecule has 0 aliphatic carbocycles. The molecule has 17 nitrogen and oxygen atoms in total. The number of anilines is 2. The number of amides is 7. The van der Waals surface area contributed by atoms with Crippen molar-refractivity contribution >= 4 is 47.1 Å². The highest BCUT2D eigenvalue weighted by atomic mass is 19.4. The van der Waals surface area contributed by atoms with E-state index in [1.807, 2.05) is 12.1 Å². The van der Waals surface area contributed by atoms with Crippen molar-refractivity contribution in [1.82, 2.24) is 25.3 Å². The summed E-state index contributed by atoms with van der Waals surface area (Å²) < 4.78 is 84.2. The van der Waals surface area contributed by atoms with Gasteiger partial charge < -0.3 is 39.7 Å². The topological polar surface area (TPSA) is 213 Å². The van der Waals surface area contributed by atoms with Crippen LogP contribution in [0.2, 0.25) is 0 Å². The Morgan fingerprint density at radius 3 is 1.42 bits per heavy atom. The van der Waals surface area contributed by atoms with Gasteiger partial charge in [0.2, 0.25) is 5.91 Å². The molecular weight excluding hydrogens is 1040 g/mol. The fraction of sp³-hybridized carbons (Fsp3) is 0.357. The number of halogens is 6. The van der Waals surface area contributed by atoms with Crippen molar-refractivity contribution in [3.63, 3.8) is 0 Å². The molecule has 2 bridgehead atoms. The summed E-state index contributed by atoms with van der Waals surface area (Å²) in [5, 5.41) is 36.2. The molecule has 2 N–H and O–H groups in total. The second kappa shape index (κ2) is 20.6. The van der Waals surface area contributed by atoms with Gasteiger partial charge >= 0.3 is 24.4 Å². The monoisotopic (exact) mass is 1090 g/mol. The minimum Gasteiger partial charge on any atom is -0.544 e. The Balaban J connectivity index is 0.902. The SMILES string of the molecule is N#Cc1ccc([C@H]2NC(=O)N(c3cccc(C(F)(F)F)c3)C3=C2C(=O)N(CCCN(CCCN2CC4=C(C2=O)[C@@H](c2ccc(C#N)cc2)NC(=O)N4c2cccc(C(F)(F)F)c2)C(=O)C24CC[N+](CC(=O)[O-])(CC2)CC4)C3)cc1. The first kappa shape index (κ1) is 53.7. The van der Waals surface area contributed by atoms with Crippen LogP contribution in [0.3, 0.4) is 0 Å². The van der Waals surface area contributed by atoms with Crippen molar-refractivity contribution < 1.29 is 64.7 Å². The number of urea groups is 2. The molecule has 2 atom stereocenters. The summed E-state index contributed by atoms with van der Waals surface area (Å²) in [6, 6.07) is 21.0. The number of carboxylic acids is 1. The number of alkyl halides is 6. The highest BCUT2D eigenvalue weighted by molar-refractivity contribution is 6.08. The first-order valence-electron chi connectivity index (χ1n) is 25.6. The van der Waals surface area contributed by atoms with E-state index in [2.05, 4.69) is 10.6 Å². The maximum absolute atomic E-state index is 15.1. The molecule has 11 rings (SSSR count). The Labute approximate surface area is 448 Å². The van der Waals surface area contributed by atoms with Gasteiger partial charge in [0.1, 0.15) is 6.54 Å². The molecule has 7 amide bonds. The van der Waals surface area contributed by atoms with Gasteiger partial charge in [-0.2, -0.15) is 36.9 Å². The van der Waals surface area contributed by atoms with Crippen LogP contribution in [0.15, 0.2) is 120 Å². The summed E-state index contributed by atoms with van der Waals surface area (Å²) in [7, 11) is 0. The van der Waals surface area contributed by atoms with E-state index >= 15 is 4.79 Å². The van der Waals surface area contributed by atoms with E-state index in [0.717, 1.165) is 46.2 Å². The number of rotatable bonds is 15. The number of fused-ring (bicyclic) bond motifs is 3. The van der Waals surface area contributed by atoms with E-state index in [0.29, 0.717) is 61.2 Å². The first-order valence-corrected chi connectivity index (χ1v) is 25.6. The molecule has 4 aromatic rings. The van der Waals surface area contributed by atoms with Crippen molar-refractivity contribution in [3.8, 4) is 12.1 Å². The van der Waals surface area contributed by atoms with Crippen molar-refractivity contribution in [2.24, 2.45) is 5.41 Å².